The Labute approximate surface area is 134 Å². The van der Waals surface area contributed by atoms with Gasteiger partial charge >= 0.3 is 0 Å². The zero-order valence-electron chi connectivity index (χ0n) is 13.8. The molecule has 1 heterocycles. The first-order valence-electron chi connectivity index (χ1n) is 8.16. The minimum absolute atomic E-state index is 0.408. The highest BCUT2D eigenvalue weighted by Crippen LogP contribution is 2.34. The standard InChI is InChI=1S/C18H28N2O2/c1-4-6-7-16(20-12-10-19-11-13-20)15-8-9-17(21-3)18(14-15)22-5-2/h4,8-9,14,16,19H,1,5-7,10-13H2,2-3H3/t16-/m1/s1. The van der Waals surface area contributed by atoms with Crippen LogP contribution in [0.15, 0.2) is 30.9 Å². The van der Waals surface area contributed by atoms with Crippen LogP contribution in [-0.2, 0) is 0 Å². The van der Waals surface area contributed by atoms with Gasteiger partial charge < -0.3 is 14.8 Å². The fraction of sp³-hybridized carbons (Fsp3) is 0.556. The third-order valence-corrected chi connectivity index (χ3v) is 4.11. The fourth-order valence-electron chi connectivity index (χ4n) is 3.00. The van der Waals surface area contributed by atoms with E-state index in [1.807, 2.05) is 19.1 Å². The molecule has 0 aliphatic carbocycles. The van der Waals surface area contributed by atoms with E-state index in [-0.39, 0.29) is 0 Å². The Balaban J connectivity index is 2.24. The Morgan fingerprint density at radius 2 is 2.09 bits per heavy atom. The first kappa shape index (κ1) is 16.8. The predicted octanol–water partition coefficient (Wildman–Crippen LogP) is 3.01. The van der Waals surface area contributed by atoms with Crippen molar-refractivity contribution in [3.63, 3.8) is 0 Å². The van der Waals surface area contributed by atoms with Crippen LogP contribution < -0.4 is 14.8 Å². The number of benzene rings is 1. The molecule has 2 rings (SSSR count). The van der Waals surface area contributed by atoms with Crippen molar-refractivity contribution in [1.29, 1.82) is 0 Å². The van der Waals surface area contributed by atoms with Gasteiger partial charge in [-0.25, -0.2) is 0 Å². The van der Waals surface area contributed by atoms with Crippen LogP contribution in [0.1, 0.15) is 31.4 Å². The van der Waals surface area contributed by atoms with E-state index < -0.39 is 0 Å². The van der Waals surface area contributed by atoms with Gasteiger partial charge in [0.1, 0.15) is 0 Å². The van der Waals surface area contributed by atoms with E-state index in [1.165, 1.54) is 5.56 Å². The summed E-state index contributed by atoms with van der Waals surface area (Å²) in [6, 6.07) is 6.73. The highest BCUT2D eigenvalue weighted by atomic mass is 16.5. The summed E-state index contributed by atoms with van der Waals surface area (Å²) >= 11 is 0. The molecule has 0 unspecified atom stereocenters. The second-order valence-electron chi connectivity index (χ2n) is 5.51. The molecular weight excluding hydrogens is 276 g/mol. The lowest BCUT2D eigenvalue weighted by molar-refractivity contribution is 0.165. The lowest BCUT2D eigenvalue weighted by Gasteiger charge is -2.35. The zero-order chi connectivity index (χ0) is 15.8. The van der Waals surface area contributed by atoms with E-state index >= 15 is 0 Å². The van der Waals surface area contributed by atoms with Crippen LogP contribution >= 0.6 is 0 Å². The van der Waals surface area contributed by atoms with Gasteiger partial charge in [-0.1, -0.05) is 12.1 Å². The zero-order valence-corrected chi connectivity index (χ0v) is 13.8. The van der Waals surface area contributed by atoms with Crippen molar-refractivity contribution >= 4 is 0 Å². The highest BCUT2D eigenvalue weighted by molar-refractivity contribution is 5.44. The lowest BCUT2D eigenvalue weighted by Crippen LogP contribution is -2.45. The SMILES string of the molecule is C=CCC[C@H](c1ccc(OC)c(OCC)c1)N1CCNCC1. The number of nitrogens with one attached hydrogen (secondary N) is 1. The fourth-order valence-corrected chi connectivity index (χ4v) is 3.00. The Bertz CT molecular complexity index is 470. The Hall–Kier alpha value is -1.52. The molecular formula is C18H28N2O2. The molecule has 1 fully saturated rings. The Morgan fingerprint density at radius 1 is 1.32 bits per heavy atom. The van der Waals surface area contributed by atoms with Crippen molar-refractivity contribution in [2.24, 2.45) is 0 Å². The lowest BCUT2D eigenvalue weighted by atomic mass is 9.99. The van der Waals surface area contributed by atoms with E-state index in [9.17, 15) is 0 Å². The molecule has 0 saturated carbocycles. The van der Waals surface area contributed by atoms with E-state index in [0.29, 0.717) is 12.6 Å². The first-order chi connectivity index (χ1) is 10.8. The van der Waals surface area contributed by atoms with E-state index in [1.54, 1.807) is 7.11 Å². The Morgan fingerprint density at radius 3 is 2.73 bits per heavy atom. The number of ether oxygens (including phenoxy) is 2. The second kappa shape index (κ2) is 8.81. The van der Waals surface area contributed by atoms with Gasteiger partial charge in [0.05, 0.1) is 13.7 Å². The molecule has 1 N–H and O–H groups in total. The molecule has 1 aromatic carbocycles. The van der Waals surface area contributed by atoms with Crippen molar-refractivity contribution < 1.29 is 9.47 Å². The van der Waals surface area contributed by atoms with Crippen molar-refractivity contribution in [2.45, 2.75) is 25.8 Å². The van der Waals surface area contributed by atoms with Crippen LogP contribution in [0, 0.1) is 0 Å². The molecule has 0 aromatic heterocycles. The molecule has 22 heavy (non-hydrogen) atoms. The average molecular weight is 304 g/mol. The van der Waals surface area contributed by atoms with Crippen LogP contribution in [0.5, 0.6) is 11.5 Å². The molecule has 0 bridgehead atoms. The van der Waals surface area contributed by atoms with Crippen molar-refractivity contribution in [3.8, 4) is 11.5 Å². The third kappa shape index (κ3) is 4.24. The summed E-state index contributed by atoms with van der Waals surface area (Å²) in [7, 11) is 1.68. The van der Waals surface area contributed by atoms with Crippen LogP contribution in [0.25, 0.3) is 0 Å². The average Bonchev–Trinajstić information content (AvgIpc) is 2.57. The number of piperazine rings is 1. The van der Waals surface area contributed by atoms with Gasteiger partial charge in [-0.3, -0.25) is 4.90 Å². The number of allylic oxidation sites excluding steroid dienone is 1. The summed E-state index contributed by atoms with van der Waals surface area (Å²) in [6.45, 7) is 10.8. The van der Waals surface area contributed by atoms with Gasteiger partial charge in [-0.2, -0.15) is 0 Å². The monoisotopic (exact) mass is 304 g/mol. The summed E-state index contributed by atoms with van der Waals surface area (Å²) in [5, 5.41) is 3.42. The van der Waals surface area contributed by atoms with Gasteiger partial charge in [0.25, 0.3) is 0 Å². The maximum Gasteiger partial charge on any atom is 0.161 e. The van der Waals surface area contributed by atoms with Crippen molar-refractivity contribution in [1.82, 2.24) is 10.2 Å². The molecule has 4 nitrogen and oxygen atoms in total. The molecule has 122 valence electrons. The maximum absolute atomic E-state index is 5.73. The summed E-state index contributed by atoms with van der Waals surface area (Å²) in [5.74, 6) is 1.63. The topological polar surface area (TPSA) is 33.7 Å². The van der Waals surface area contributed by atoms with Gasteiger partial charge in [-0.05, 0) is 37.5 Å². The molecule has 1 atom stereocenters. The molecule has 1 aromatic rings. The van der Waals surface area contributed by atoms with Crippen LogP contribution in [0.4, 0.5) is 0 Å². The van der Waals surface area contributed by atoms with Crippen molar-refractivity contribution in [2.75, 3.05) is 39.9 Å². The third-order valence-electron chi connectivity index (χ3n) is 4.11. The number of nitrogens with zero attached hydrogens (tertiary/aromatic N) is 1. The molecule has 1 aliphatic rings. The van der Waals surface area contributed by atoms with Gasteiger partial charge in [0, 0.05) is 32.2 Å². The van der Waals surface area contributed by atoms with E-state index in [4.69, 9.17) is 9.47 Å². The molecule has 0 radical (unpaired) electrons. The highest BCUT2D eigenvalue weighted by Gasteiger charge is 2.22. The minimum atomic E-state index is 0.408. The van der Waals surface area contributed by atoms with Crippen molar-refractivity contribution in [3.05, 3.63) is 36.4 Å². The summed E-state index contributed by atoms with van der Waals surface area (Å²) in [6.07, 6.45) is 4.11. The van der Waals surface area contributed by atoms with Crippen LogP contribution in [-0.4, -0.2) is 44.8 Å². The quantitative estimate of drug-likeness (QED) is 0.749. The molecule has 1 saturated heterocycles. The molecule has 0 amide bonds. The normalized spacial score (nSPS) is 17.0. The number of rotatable bonds is 8. The maximum atomic E-state index is 5.73. The predicted molar refractivity (Wildman–Crippen MR) is 90.8 cm³/mol. The number of hydrogen-bond acceptors (Lipinski definition) is 4. The van der Waals surface area contributed by atoms with E-state index in [0.717, 1.165) is 50.5 Å². The smallest absolute Gasteiger partial charge is 0.161 e. The Kier molecular flexibility index (Phi) is 6.74. The van der Waals surface area contributed by atoms with Gasteiger partial charge in [-0.15, -0.1) is 6.58 Å². The summed E-state index contributed by atoms with van der Waals surface area (Å²) in [4.78, 5) is 2.55. The minimum Gasteiger partial charge on any atom is -0.493 e. The van der Waals surface area contributed by atoms with Gasteiger partial charge in [0.15, 0.2) is 11.5 Å². The summed E-state index contributed by atoms with van der Waals surface area (Å²) in [5.41, 5.74) is 1.30. The van der Waals surface area contributed by atoms with Crippen LogP contribution in [0.2, 0.25) is 0 Å². The summed E-state index contributed by atoms with van der Waals surface area (Å²) < 4.78 is 11.1. The van der Waals surface area contributed by atoms with E-state index in [2.05, 4.69) is 28.9 Å². The largest absolute Gasteiger partial charge is 0.493 e. The second-order valence-corrected chi connectivity index (χ2v) is 5.51. The molecule has 0 spiro atoms. The number of hydrogen-bond donors (Lipinski definition) is 1. The van der Waals surface area contributed by atoms with Gasteiger partial charge in [0.2, 0.25) is 0 Å². The number of methoxy groups -OCH3 is 1. The molecule has 1 aliphatic heterocycles. The van der Waals surface area contributed by atoms with Crippen LogP contribution in [0.3, 0.4) is 0 Å². The molecule has 4 heteroatoms. The first-order valence-corrected chi connectivity index (χ1v) is 8.16.